The van der Waals surface area contributed by atoms with E-state index in [9.17, 15) is 28.8 Å². The van der Waals surface area contributed by atoms with Gasteiger partial charge in [0.1, 0.15) is 6.54 Å². The molecule has 3 heterocycles. The summed E-state index contributed by atoms with van der Waals surface area (Å²) in [5, 5.41) is 9.84. The Morgan fingerprint density at radius 2 is 1.32 bits per heavy atom. The molecule has 318 valence electrons. The van der Waals surface area contributed by atoms with Gasteiger partial charge in [0.15, 0.2) is 0 Å². The molecule has 0 spiro atoms. The number of nitrogens with two attached hydrogens (primary N) is 2. The molecule has 3 aromatic heterocycles. The molecular weight excluding hydrogens is 787 g/mol. The van der Waals surface area contributed by atoms with E-state index in [2.05, 4.69) is 43.5 Å². The summed E-state index contributed by atoms with van der Waals surface area (Å²) in [6.45, 7) is -0.532. The van der Waals surface area contributed by atoms with Crippen molar-refractivity contribution in [2.45, 2.75) is 38.3 Å². The number of nitrogens with one attached hydrogen (secondary N) is 5. The maximum Gasteiger partial charge on any atom is 0.312 e. The smallest absolute Gasteiger partial charge is 0.312 e. The predicted octanol–water partition coefficient (Wildman–Crippen LogP) is 1.45. The number of pyridine rings is 1. The van der Waals surface area contributed by atoms with Crippen LogP contribution in [-0.2, 0) is 43.4 Å². The molecule has 5 rings (SSSR count). The van der Waals surface area contributed by atoms with Crippen molar-refractivity contribution >= 4 is 70.0 Å². The van der Waals surface area contributed by atoms with Crippen LogP contribution in [0.1, 0.15) is 29.5 Å². The molecule has 1 atom stereocenters. The number of para-hydroxylation sites is 2. The van der Waals surface area contributed by atoms with Crippen LogP contribution in [0.3, 0.4) is 0 Å². The summed E-state index contributed by atoms with van der Waals surface area (Å²) in [6.07, 6.45) is 8.34. The summed E-state index contributed by atoms with van der Waals surface area (Å²) in [7, 11) is 0. The van der Waals surface area contributed by atoms with Crippen molar-refractivity contribution in [3.8, 4) is 0 Å². The minimum Gasteiger partial charge on any atom is -0.361 e. The van der Waals surface area contributed by atoms with Crippen LogP contribution < -0.4 is 27.4 Å². The maximum absolute atomic E-state index is 14.2. The molecule has 18 heteroatoms. The van der Waals surface area contributed by atoms with Gasteiger partial charge in [0.25, 0.3) is 0 Å². The van der Waals surface area contributed by atoms with Gasteiger partial charge in [-0.1, -0.05) is 42.5 Å². The number of thiol groups is 1. The van der Waals surface area contributed by atoms with Gasteiger partial charge in [-0.25, -0.2) is 4.79 Å². The quantitative estimate of drug-likeness (QED) is 0.0353. The molecule has 5 aromatic rings. The minimum atomic E-state index is -0.989. The summed E-state index contributed by atoms with van der Waals surface area (Å²) in [5.41, 5.74) is 15.9. The van der Waals surface area contributed by atoms with Gasteiger partial charge in [-0.15, -0.1) is 0 Å². The third kappa shape index (κ3) is 13.3. The summed E-state index contributed by atoms with van der Waals surface area (Å²) in [6, 6.07) is 17.3. The van der Waals surface area contributed by atoms with Crippen LogP contribution in [0.25, 0.3) is 21.8 Å². The van der Waals surface area contributed by atoms with Crippen LogP contribution in [0.15, 0.2) is 85.5 Å². The zero-order chi connectivity index (χ0) is 42.9. The van der Waals surface area contributed by atoms with Crippen molar-refractivity contribution in [2.24, 2.45) is 11.5 Å². The lowest BCUT2D eigenvalue weighted by atomic mass is 10.1. The fraction of sp³-hybridized carbons (Fsp3) is 0.357. The molecule has 2 aromatic carbocycles. The largest absolute Gasteiger partial charge is 0.361 e. The molecule has 17 nitrogen and oxygen atoms in total. The second-order valence-electron chi connectivity index (χ2n) is 14.3. The second kappa shape index (κ2) is 22.7. The normalized spacial score (nSPS) is 11.5. The fourth-order valence-corrected chi connectivity index (χ4v) is 6.90. The van der Waals surface area contributed by atoms with Crippen molar-refractivity contribution in [2.75, 3.05) is 58.1 Å². The van der Waals surface area contributed by atoms with Crippen molar-refractivity contribution in [1.29, 1.82) is 0 Å². The molecule has 0 fully saturated rings. The average Bonchev–Trinajstić information content (AvgIpc) is 3.87. The Kier molecular flexibility index (Phi) is 16.9. The van der Waals surface area contributed by atoms with Crippen molar-refractivity contribution in [1.82, 2.24) is 45.6 Å². The molecule has 60 heavy (non-hydrogen) atoms. The van der Waals surface area contributed by atoms with Crippen LogP contribution in [0, 0.1) is 0 Å². The Balaban J connectivity index is 1.29. The predicted molar refractivity (Wildman–Crippen MR) is 231 cm³/mol. The minimum absolute atomic E-state index is 0.0264. The molecule has 7 amide bonds. The number of nitrogens with zero attached hydrogens (tertiary/aromatic N) is 4. The lowest BCUT2D eigenvalue weighted by Crippen LogP contribution is -2.51. The molecule has 9 N–H and O–H groups in total. The van der Waals surface area contributed by atoms with Crippen LogP contribution in [0.2, 0.25) is 0 Å². The highest BCUT2D eigenvalue weighted by atomic mass is 32.1. The van der Waals surface area contributed by atoms with Crippen molar-refractivity contribution in [3.05, 3.63) is 102 Å². The van der Waals surface area contributed by atoms with E-state index >= 15 is 0 Å². The standard InChI is InChI=1S/C42H53N11O6S/c43-34(10-6-16-47-42(44)59)41(58)53(25-29-7-5-15-45-21-29)28-40(57)52(19-14-31-23-49-36-12-4-2-9-33(31)36)27-38(55)50-24-39(56)51(26-37(54)46-17-20-60)18-13-30-22-48-35-11-3-1-8-32(30)35/h1-5,7-9,11-12,15,21-23,34,48-49,60H,6,10,13-14,16-20,24-28,43H2,(H,46,54)(H,50,55)(H3,44,47,59). The zero-order valence-electron chi connectivity index (χ0n) is 33.4. The highest BCUT2D eigenvalue weighted by molar-refractivity contribution is 7.80. The third-order valence-corrected chi connectivity index (χ3v) is 10.2. The first-order valence-electron chi connectivity index (χ1n) is 19.8. The maximum atomic E-state index is 14.2. The summed E-state index contributed by atoms with van der Waals surface area (Å²) in [5.74, 6) is -2.02. The second-order valence-corrected chi connectivity index (χ2v) is 14.7. The van der Waals surface area contributed by atoms with E-state index in [0.717, 1.165) is 32.9 Å². The zero-order valence-corrected chi connectivity index (χ0v) is 34.3. The molecule has 0 bridgehead atoms. The molecule has 1 unspecified atom stereocenters. The molecule has 0 aliphatic heterocycles. The van der Waals surface area contributed by atoms with Gasteiger partial charge < -0.3 is 52.1 Å². The summed E-state index contributed by atoms with van der Waals surface area (Å²) < 4.78 is 0. The molecular formula is C42H53N11O6S. The number of benzene rings is 2. The Hall–Kier alpha value is -6.40. The van der Waals surface area contributed by atoms with E-state index in [-0.39, 0.29) is 45.1 Å². The van der Waals surface area contributed by atoms with Crippen LogP contribution in [-0.4, -0.2) is 129 Å². The van der Waals surface area contributed by atoms with Crippen molar-refractivity contribution < 1.29 is 28.8 Å². The Morgan fingerprint density at radius 3 is 1.90 bits per heavy atom. The number of aromatic nitrogens is 3. The van der Waals surface area contributed by atoms with Crippen molar-refractivity contribution in [3.63, 3.8) is 0 Å². The molecule has 0 saturated carbocycles. The lowest BCUT2D eigenvalue weighted by molar-refractivity contribution is -0.143. The fourth-order valence-electron chi connectivity index (χ4n) is 6.79. The number of carbonyl (C=O) groups is 6. The Bertz CT molecular complexity index is 2230. The average molecular weight is 840 g/mol. The van der Waals surface area contributed by atoms with Gasteiger partial charge in [-0.2, -0.15) is 12.6 Å². The van der Waals surface area contributed by atoms with E-state index in [4.69, 9.17) is 11.5 Å². The number of fused-ring (bicyclic) bond motifs is 2. The van der Waals surface area contributed by atoms with E-state index in [0.29, 0.717) is 37.1 Å². The van der Waals surface area contributed by atoms with E-state index in [1.807, 2.05) is 60.9 Å². The third-order valence-electron chi connectivity index (χ3n) is 9.94. The number of amides is 7. The van der Waals surface area contributed by atoms with Crippen LogP contribution in [0.5, 0.6) is 0 Å². The first kappa shape index (κ1) is 44.7. The number of carbonyl (C=O) groups excluding carboxylic acids is 6. The van der Waals surface area contributed by atoms with Gasteiger partial charge >= 0.3 is 6.03 Å². The SMILES string of the molecule is NC(=O)NCCCC(N)C(=O)N(CC(=O)N(CCc1c[nH]c2ccccc12)CC(=O)NCC(=O)N(CCc1c[nH]c2ccccc12)CC(=O)NCCS)Cc1cccnc1. The van der Waals surface area contributed by atoms with Gasteiger partial charge in [0.2, 0.25) is 29.5 Å². The number of primary amides is 1. The molecule has 0 radical (unpaired) electrons. The number of hydrogen-bond donors (Lipinski definition) is 8. The molecule has 0 aliphatic carbocycles. The van der Waals surface area contributed by atoms with Gasteiger partial charge in [-0.05, 0) is 60.6 Å². The van der Waals surface area contributed by atoms with Gasteiger partial charge in [0.05, 0.1) is 25.7 Å². The number of hydrogen-bond acceptors (Lipinski definition) is 9. The summed E-state index contributed by atoms with van der Waals surface area (Å²) >= 11 is 4.15. The first-order valence-corrected chi connectivity index (χ1v) is 20.4. The van der Waals surface area contributed by atoms with Crippen LogP contribution >= 0.6 is 12.6 Å². The number of urea groups is 1. The Morgan fingerprint density at radius 1 is 0.717 bits per heavy atom. The lowest BCUT2D eigenvalue weighted by Gasteiger charge is -2.29. The highest BCUT2D eigenvalue weighted by Gasteiger charge is 2.27. The van der Waals surface area contributed by atoms with Crippen LogP contribution in [0.4, 0.5) is 4.79 Å². The molecule has 0 aliphatic rings. The topological polar surface area (TPSA) is 245 Å². The first-order chi connectivity index (χ1) is 29.0. The number of aromatic amines is 2. The monoisotopic (exact) mass is 839 g/mol. The van der Waals surface area contributed by atoms with Gasteiger partial charge in [0, 0.05) is 85.1 Å². The number of rotatable bonds is 23. The molecule has 0 saturated heterocycles. The summed E-state index contributed by atoms with van der Waals surface area (Å²) in [4.78, 5) is 93.7. The van der Waals surface area contributed by atoms with E-state index < -0.39 is 55.3 Å². The highest BCUT2D eigenvalue weighted by Crippen LogP contribution is 2.20. The number of H-pyrrole nitrogens is 2. The Labute approximate surface area is 353 Å². The van der Waals surface area contributed by atoms with Gasteiger partial charge in [-0.3, -0.25) is 29.0 Å². The van der Waals surface area contributed by atoms with E-state index in [1.54, 1.807) is 24.5 Å². The van der Waals surface area contributed by atoms with E-state index in [1.165, 1.54) is 14.7 Å².